The highest BCUT2D eigenvalue weighted by atomic mass is 32.2. The van der Waals surface area contributed by atoms with Crippen molar-refractivity contribution in [1.29, 1.82) is 5.26 Å². The average Bonchev–Trinajstić information content (AvgIpc) is 3.37. The fourth-order valence-corrected chi connectivity index (χ4v) is 4.47. The zero-order valence-corrected chi connectivity index (χ0v) is 18.7. The van der Waals surface area contributed by atoms with Gasteiger partial charge in [-0.3, -0.25) is 14.2 Å². The molecule has 0 saturated heterocycles. The van der Waals surface area contributed by atoms with Crippen LogP contribution >= 0.6 is 11.8 Å². The summed E-state index contributed by atoms with van der Waals surface area (Å²) >= 11 is 1.41. The van der Waals surface area contributed by atoms with Crippen molar-refractivity contribution in [3.05, 3.63) is 94.2 Å². The molecule has 7 nitrogen and oxygen atoms in total. The molecule has 2 aromatic carbocycles. The smallest absolute Gasteiger partial charge is 0.262 e. The molecule has 0 aliphatic carbocycles. The summed E-state index contributed by atoms with van der Waals surface area (Å²) < 4.78 is 6.85. The number of nitrogens with one attached hydrogen (secondary N) is 1. The standard InChI is InChI=1S/C25H22N4O3S/c26-15-18-7-1-2-8-19(18)17-33-25-28-22-11-4-3-10-21(22)24(31)29(25)13-5-12-23(30)27-16-20-9-6-14-32-20/h1-4,6-11,14H,5,12-13,16-17H2,(H,27,30). The summed E-state index contributed by atoms with van der Waals surface area (Å²) in [7, 11) is 0. The molecule has 4 rings (SSSR count). The van der Waals surface area contributed by atoms with Gasteiger partial charge in [0.2, 0.25) is 5.91 Å². The Labute approximate surface area is 195 Å². The highest BCUT2D eigenvalue weighted by Crippen LogP contribution is 2.24. The molecule has 4 aromatic rings. The van der Waals surface area contributed by atoms with Crippen molar-refractivity contribution >= 4 is 28.6 Å². The van der Waals surface area contributed by atoms with Crippen LogP contribution in [0.3, 0.4) is 0 Å². The number of para-hydroxylation sites is 1. The van der Waals surface area contributed by atoms with Crippen LogP contribution in [0.4, 0.5) is 0 Å². The molecule has 2 aromatic heterocycles. The van der Waals surface area contributed by atoms with E-state index in [1.165, 1.54) is 11.8 Å². The first kappa shape index (κ1) is 22.4. The molecule has 0 fully saturated rings. The van der Waals surface area contributed by atoms with E-state index in [0.717, 1.165) is 5.56 Å². The molecule has 0 saturated carbocycles. The summed E-state index contributed by atoms with van der Waals surface area (Å²) in [6, 6.07) is 20.4. The third kappa shape index (κ3) is 5.51. The van der Waals surface area contributed by atoms with Crippen LogP contribution in [0.5, 0.6) is 0 Å². The number of rotatable bonds is 9. The van der Waals surface area contributed by atoms with Crippen LogP contribution in [0.1, 0.15) is 29.7 Å². The molecule has 33 heavy (non-hydrogen) atoms. The number of thioether (sulfide) groups is 1. The van der Waals surface area contributed by atoms with E-state index in [1.807, 2.05) is 36.4 Å². The number of amides is 1. The van der Waals surface area contributed by atoms with Gasteiger partial charge in [0.15, 0.2) is 5.16 Å². The number of carbonyl (C=O) groups is 1. The lowest BCUT2D eigenvalue weighted by molar-refractivity contribution is -0.121. The molecule has 1 amide bonds. The lowest BCUT2D eigenvalue weighted by Gasteiger charge is -2.13. The van der Waals surface area contributed by atoms with Gasteiger partial charge in [0.05, 0.1) is 35.3 Å². The average molecular weight is 459 g/mol. The van der Waals surface area contributed by atoms with Crippen molar-refractivity contribution in [3.8, 4) is 6.07 Å². The SMILES string of the molecule is N#Cc1ccccc1CSc1nc2ccccc2c(=O)n1CCCC(=O)NCc1ccco1. The molecule has 0 radical (unpaired) electrons. The second kappa shape index (κ2) is 10.7. The van der Waals surface area contributed by atoms with Crippen LogP contribution in [0.25, 0.3) is 10.9 Å². The van der Waals surface area contributed by atoms with Crippen molar-refractivity contribution < 1.29 is 9.21 Å². The zero-order valence-electron chi connectivity index (χ0n) is 17.9. The number of carbonyl (C=O) groups excluding carboxylic acids is 1. The maximum atomic E-state index is 13.2. The summed E-state index contributed by atoms with van der Waals surface area (Å²) in [5.41, 5.74) is 1.99. The summed E-state index contributed by atoms with van der Waals surface area (Å²) in [6.07, 6.45) is 2.34. The van der Waals surface area contributed by atoms with Crippen LogP contribution < -0.4 is 10.9 Å². The topological polar surface area (TPSA) is 101 Å². The second-order valence-corrected chi connectivity index (χ2v) is 8.33. The van der Waals surface area contributed by atoms with Crippen LogP contribution in [0.15, 0.2) is 81.3 Å². The maximum Gasteiger partial charge on any atom is 0.262 e. The van der Waals surface area contributed by atoms with Gasteiger partial charge in [-0.25, -0.2) is 4.98 Å². The van der Waals surface area contributed by atoms with E-state index in [0.29, 0.717) is 52.6 Å². The maximum absolute atomic E-state index is 13.2. The van der Waals surface area contributed by atoms with Crippen molar-refractivity contribution in [2.24, 2.45) is 0 Å². The quantitative estimate of drug-likeness (QED) is 0.297. The normalized spacial score (nSPS) is 10.8. The third-order valence-electron chi connectivity index (χ3n) is 5.15. The van der Waals surface area contributed by atoms with Gasteiger partial charge in [0.25, 0.3) is 5.56 Å². The van der Waals surface area contributed by atoms with E-state index in [2.05, 4.69) is 11.4 Å². The molecular weight excluding hydrogens is 436 g/mol. The predicted octanol–water partition coefficient (Wildman–Crippen LogP) is 4.25. The van der Waals surface area contributed by atoms with Gasteiger partial charge >= 0.3 is 0 Å². The Bertz CT molecular complexity index is 1360. The Morgan fingerprint density at radius 3 is 2.76 bits per heavy atom. The minimum Gasteiger partial charge on any atom is -0.467 e. The van der Waals surface area contributed by atoms with Crippen LogP contribution in [-0.4, -0.2) is 15.5 Å². The molecule has 2 heterocycles. The summed E-state index contributed by atoms with van der Waals surface area (Å²) in [4.78, 5) is 30.1. The summed E-state index contributed by atoms with van der Waals surface area (Å²) in [5, 5.41) is 13.3. The molecule has 0 aliphatic rings. The van der Waals surface area contributed by atoms with Crippen molar-refractivity contribution in [3.63, 3.8) is 0 Å². The number of nitriles is 1. The van der Waals surface area contributed by atoms with Gasteiger partial charge < -0.3 is 9.73 Å². The van der Waals surface area contributed by atoms with Crippen LogP contribution in [0, 0.1) is 11.3 Å². The molecule has 0 unspecified atom stereocenters. The number of hydrogen-bond acceptors (Lipinski definition) is 6. The Kier molecular flexibility index (Phi) is 7.22. The molecule has 166 valence electrons. The minimum absolute atomic E-state index is 0.106. The number of fused-ring (bicyclic) bond motifs is 1. The van der Waals surface area contributed by atoms with E-state index in [4.69, 9.17) is 9.40 Å². The molecule has 0 atom stereocenters. The number of benzene rings is 2. The van der Waals surface area contributed by atoms with Crippen molar-refractivity contribution in [1.82, 2.24) is 14.9 Å². The van der Waals surface area contributed by atoms with Gasteiger partial charge in [0.1, 0.15) is 5.76 Å². The molecule has 0 aliphatic heterocycles. The van der Waals surface area contributed by atoms with Crippen molar-refractivity contribution in [2.45, 2.75) is 36.8 Å². The second-order valence-electron chi connectivity index (χ2n) is 7.39. The number of nitrogens with zero attached hydrogens (tertiary/aromatic N) is 3. The molecule has 8 heteroatoms. The van der Waals surface area contributed by atoms with E-state index in [1.54, 1.807) is 35.1 Å². The van der Waals surface area contributed by atoms with Crippen molar-refractivity contribution in [2.75, 3.05) is 0 Å². The Hall–Kier alpha value is -3.83. The number of aromatic nitrogens is 2. The van der Waals surface area contributed by atoms with Crippen LogP contribution in [-0.2, 0) is 23.6 Å². The zero-order chi connectivity index (χ0) is 23.0. The van der Waals surface area contributed by atoms with Gasteiger partial charge in [-0.15, -0.1) is 0 Å². The fourth-order valence-electron chi connectivity index (χ4n) is 3.44. The number of hydrogen-bond donors (Lipinski definition) is 1. The summed E-state index contributed by atoms with van der Waals surface area (Å²) in [6.45, 7) is 0.704. The molecule has 1 N–H and O–H groups in total. The van der Waals surface area contributed by atoms with Gasteiger partial charge in [-0.2, -0.15) is 5.26 Å². The largest absolute Gasteiger partial charge is 0.467 e. The van der Waals surface area contributed by atoms with Gasteiger partial charge in [-0.1, -0.05) is 42.1 Å². The minimum atomic E-state index is -0.132. The lowest BCUT2D eigenvalue weighted by atomic mass is 10.1. The first-order valence-electron chi connectivity index (χ1n) is 10.5. The van der Waals surface area contributed by atoms with Crippen LogP contribution in [0.2, 0.25) is 0 Å². The lowest BCUT2D eigenvalue weighted by Crippen LogP contribution is -2.26. The third-order valence-corrected chi connectivity index (χ3v) is 6.17. The van der Waals surface area contributed by atoms with Gasteiger partial charge in [-0.05, 0) is 42.3 Å². The predicted molar refractivity (Wildman–Crippen MR) is 127 cm³/mol. The first-order valence-corrected chi connectivity index (χ1v) is 11.5. The van der Waals surface area contributed by atoms with E-state index in [9.17, 15) is 14.9 Å². The first-order chi connectivity index (χ1) is 16.2. The van der Waals surface area contributed by atoms with Gasteiger partial charge in [0, 0.05) is 18.7 Å². The molecular formula is C25H22N4O3S. The monoisotopic (exact) mass is 458 g/mol. The van der Waals surface area contributed by atoms with E-state index in [-0.39, 0.29) is 17.9 Å². The highest BCUT2D eigenvalue weighted by Gasteiger charge is 2.13. The van der Waals surface area contributed by atoms with E-state index >= 15 is 0 Å². The molecule has 0 spiro atoms. The van der Waals surface area contributed by atoms with E-state index < -0.39 is 0 Å². The Morgan fingerprint density at radius 2 is 1.94 bits per heavy atom. The Morgan fingerprint density at radius 1 is 1.12 bits per heavy atom. The molecule has 0 bridgehead atoms. The Balaban J connectivity index is 1.49. The summed E-state index contributed by atoms with van der Waals surface area (Å²) in [5.74, 6) is 1.10. The number of furan rings is 1. The highest BCUT2D eigenvalue weighted by molar-refractivity contribution is 7.98. The fraction of sp³-hybridized carbons (Fsp3) is 0.200.